The molecule has 1 fully saturated rings. The number of hydrogen-bond donors (Lipinski definition) is 1. The van der Waals surface area contributed by atoms with E-state index in [0.717, 1.165) is 23.3 Å². The van der Waals surface area contributed by atoms with Crippen molar-refractivity contribution in [2.75, 3.05) is 23.3 Å². The number of hydrogen-bond acceptors (Lipinski definition) is 4. The van der Waals surface area contributed by atoms with Gasteiger partial charge in [-0.15, -0.1) is 0 Å². The first-order chi connectivity index (χ1) is 14.6. The lowest BCUT2D eigenvalue weighted by Crippen LogP contribution is -2.29. The summed E-state index contributed by atoms with van der Waals surface area (Å²) in [6.07, 6.45) is 3.71. The molecule has 0 saturated carbocycles. The summed E-state index contributed by atoms with van der Waals surface area (Å²) >= 11 is 0. The third-order valence-electron chi connectivity index (χ3n) is 5.15. The number of piperidine rings is 1. The van der Waals surface area contributed by atoms with Gasteiger partial charge in [0.05, 0.1) is 5.69 Å². The molecule has 6 nitrogen and oxygen atoms in total. The van der Waals surface area contributed by atoms with Crippen LogP contribution in [-0.2, 0) is 11.3 Å². The van der Waals surface area contributed by atoms with Gasteiger partial charge in [0.25, 0.3) is 5.56 Å². The number of anilines is 2. The Balaban J connectivity index is 1.48. The van der Waals surface area contributed by atoms with Gasteiger partial charge in [0.1, 0.15) is 12.4 Å². The highest BCUT2D eigenvalue weighted by atomic mass is 19.1. The standard InChI is InChI=1S/C23H23FN4O2/c24-18-5-4-6-19(15-18)25-22(29)16-28-23(30)12-11-21(26-28)17-7-9-20(10-8-17)27-13-2-1-3-14-27/h4-12,15H,1-3,13-14,16H2,(H,25,29). The molecule has 2 aromatic carbocycles. The molecule has 4 rings (SSSR count). The molecule has 0 bridgehead atoms. The van der Waals surface area contributed by atoms with E-state index in [0.29, 0.717) is 11.4 Å². The average molecular weight is 406 g/mol. The number of carbonyl (C=O) groups excluding carboxylic acids is 1. The van der Waals surface area contributed by atoms with Crippen molar-refractivity contribution in [1.82, 2.24) is 9.78 Å². The molecule has 3 aromatic rings. The summed E-state index contributed by atoms with van der Waals surface area (Å²) in [6.45, 7) is 1.89. The predicted octanol–water partition coefficient (Wildman–Crippen LogP) is 3.68. The summed E-state index contributed by atoms with van der Waals surface area (Å²) in [5, 5.41) is 6.92. The summed E-state index contributed by atoms with van der Waals surface area (Å²) in [7, 11) is 0. The quantitative estimate of drug-likeness (QED) is 0.702. The lowest BCUT2D eigenvalue weighted by Gasteiger charge is -2.28. The van der Waals surface area contributed by atoms with E-state index >= 15 is 0 Å². The molecule has 0 spiro atoms. The molecule has 1 saturated heterocycles. The van der Waals surface area contributed by atoms with Crippen LogP contribution in [0, 0.1) is 5.82 Å². The van der Waals surface area contributed by atoms with E-state index in [1.807, 2.05) is 12.1 Å². The first kappa shape index (κ1) is 19.8. The molecule has 1 amide bonds. The van der Waals surface area contributed by atoms with Crippen molar-refractivity contribution in [3.8, 4) is 11.3 Å². The van der Waals surface area contributed by atoms with Crippen LogP contribution in [0.5, 0.6) is 0 Å². The number of nitrogens with one attached hydrogen (secondary N) is 1. The monoisotopic (exact) mass is 406 g/mol. The topological polar surface area (TPSA) is 67.2 Å². The second-order valence-electron chi connectivity index (χ2n) is 7.37. The Morgan fingerprint density at radius 2 is 1.77 bits per heavy atom. The van der Waals surface area contributed by atoms with Crippen molar-refractivity contribution in [3.63, 3.8) is 0 Å². The smallest absolute Gasteiger partial charge is 0.267 e. The molecular weight excluding hydrogens is 383 g/mol. The van der Waals surface area contributed by atoms with Gasteiger partial charge in [0.2, 0.25) is 5.91 Å². The Bertz CT molecular complexity index is 1090. The van der Waals surface area contributed by atoms with Gasteiger partial charge in [-0.1, -0.05) is 18.2 Å². The normalized spacial score (nSPS) is 13.8. The van der Waals surface area contributed by atoms with Crippen molar-refractivity contribution in [2.24, 2.45) is 0 Å². The van der Waals surface area contributed by atoms with Crippen LogP contribution in [0.15, 0.2) is 65.5 Å². The van der Waals surface area contributed by atoms with Gasteiger partial charge in [-0.05, 0) is 55.7 Å². The Hall–Kier alpha value is -3.48. The first-order valence-electron chi connectivity index (χ1n) is 10.1. The summed E-state index contributed by atoms with van der Waals surface area (Å²) in [4.78, 5) is 26.8. The molecule has 1 aromatic heterocycles. The highest BCUT2D eigenvalue weighted by Crippen LogP contribution is 2.23. The Morgan fingerprint density at radius 1 is 1.00 bits per heavy atom. The Labute approximate surface area is 174 Å². The fraction of sp³-hybridized carbons (Fsp3) is 0.261. The zero-order valence-electron chi connectivity index (χ0n) is 16.6. The number of halogens is 1. The van der Waals surface area contributed by atoms with Crippen molar-refractivity contribution >= 4 is 17.3 Å². The van der Waals surface area contributed by atoms with Gasteiger partial charge in [-0.3, -0.25) is 9.59 Å². The average Bonchev–Trinajstić information content (AvgIpc) is 2.76. The van der Waals surface area contributed by atoms with Crippen LogP contribution in [-0.4, -0.2) is 28.8 Å². The number of rotatable bonds is 5. The third kappa shape index (κ3) is 4.74. The van der Waals surface area contributed by atoms with Gasteiger partial charge in [0.15, 0.2) is 0 Å². The van der Waals surface area contributed by atoms with Crippen molar-refractivity contribution in [3.05, 3.63) is 76.8 Å². The SMILES string of the molecule is O=C(Cn1nc(-c2ccc(N3CCCCC3)cc2)ccc1=O)Nc1cccc(F)c1. The van der Waals surface area contributed by atoms with Gasteiger partial charge in [-0.25, -0.2) is 9.07 Å². The van der Waals surface area contributed by atoms with E-state index in [9.17, 15) is 14.0 Å². The van der Waals surface area contributed by atoms with Gasteiger partial charge in [0, 0.05) is 36.1 Å². The molecule has 0 aliphatic carbocycles. The first-order valence-corrected chi connectivity index (χ1v) is 10.1. The summed E-state index contributed by atoms with van der Waals surface area (Å²) in [5.41, 5.74) is 2.62. The van der Waals surface area contributed by atoms with Gasteiger partial charge >= 0.3 is 0 Å². The third-order valence-corrected chi connectivity index (χ3v) is 5.15. The maximum absolute atomic E-state index is 13.3. The molecule has 2 heterocycles. The predicted molar refractivity (Wildman–Crippen MR) is 115 cm³/mol. The van der Waals surface area contributed by atoms with E-state index in [4.69, 9.17) is 0 Å². The van der Waals surface area contributed by atoms with Crippen LogP contribution in [0.25, 0.3) is 11.3 Å². The molecule has 154 valence electrons. The zero-order valence-corrected chi connectivity index (χ0v) is 16.6. The highest BCUT2D eigenvalue weighted by Gasteiger charge is 2.12. The van der Waals surface area contributed by atoms with Crippen molar-refractivity contribution in [1.29, 1.82) is 0 Å². The second-order valence-corrected chi connectivity index (χ2v) is 7.37. The van der Waals surface area contributed by atoms with Crippen LogP contribution in [0.4, 0.5) is 15.8 Å². The number of amides is 1. The lowest BCUT2D eigenvalue weighted by molar-refractivity contribution is -0.117. The second kappa shape index (κ2) is 8.90. The summed E-state index contributed by atoms with van der Waals surface area (Å²) < 4.78 is 14.4. The molecule has 0 unspecified atom stereocenters. The van der Waals surface area contributed by atoms with Crippen LogP contribution < -0.4 is 15.8 Å². The maximum Gasteiger partial charge on any atom is 0.267 e. The molecule has 1 aliphatic rings. The van der Waals surface area contributed by atoms with Crippen LogP contribution >= 0.6 is 0 Å². The minimum Gasteiger partial charge on any atom is -0.372 e. The fourth-order valence-corrected chi connectivity index (χ4v) is 3.61. The molecule has 1 N–H and O–H groups in total. The van der Waals surface area contributed by atoms with Crippen molar-refractivity contribution < 1.29 is 9.18 Å². The largest absolute Gasteiger partial charge is 0.372 e. The number of benzene rings is 2. The molecule has 7 heteroatoms. The molecule has 30 heavy (non-hydrogen) atoms. The zero-order chi connectivity index (χ0) is 20.9. The van der Waals surface area contributed by atoms with E-state index < -0.39 is 11.7 Å². The minimum atomic E-state index is -0.451. The number of carbonyl (C=O) groups is 1. The number of aromatic nitrogens is 2. The fourth-order valence-electron chi connectivity index (χ4n) is 3.61. The summed E-state index contributed by atoms with van der Waals surface area (Å²) in [6, 6.07) is 16.7. The minimum absolute atomic E-state index is 0.255. The van der Waals surface area contributed by atoms with Gasteiger partial charge in [-0.2, -0.15) is 5.10 Å². The summed E-state index contributed by atoms with van der Waals surface area (Å²) in [5.74, 6) is -0.897. The molecule has 0 radical (unpaired) electrons. The van der Waals surface area contributed by atoms with Gasteiger partial charge < -0.3 is 10.2 Å². The van der Waals surface area contributed by atoms with E-state index in [1.165, 1.54) is 49.2 Å². The number of nitrogens with zero attached hydrogens (tertiary/aromatic N) is 3. The Kier molecular flexibility index (Phi) is 5.88. The Morgan fingerprint density at radius 3 is 2.50 bits per heavy atom. The van der Waals surface area contributed by atoms with Crippen LogP contribution in [0.2, 0.25) is 0 Å². The molecular formula is C23H23FN4O2. The van der Waals surface area contributed by atoms with Crippen molar-refractivity contribution in [2.45, 2.75) is 25.8 Å². The van der Waals surface area contributed by atoms with Crippen LogP contribution in [0.3, 0.4) is 0 Å². The van der Waals surface area contributed by atoms with E-state index in [1.54, 1.807) is 12.1 Å². The highest BCUT2D eigenvalue weighted by molar-refractivity contribution is 5.90. The van der Waals surface area contributed by atoms with E-state index in [-0.39, 0.29) is 12.1 Å². The molecule has 0 atom stereocenters. The lowest BCUT2D eigenvalue weighted by atomic mass is 10.1. The molecule has 1 aliphatic heterocycles. The van der Waals surface area contributed by atoms with Crippen LogP contribution in [0.1, 0.15) is 19.3 Å². The maximum atomic E-state index is 13.3. The van der Waals surface area contributed by atoms with E-state index in [2.05, 4.69) is 27.4 Å².